The fourth-order valence-electron chi connectivity index (χ4n) is 2.91. The van der Waals surface area contributed by atoms with Crippen LogP contribution in [0.25, 0.3) is 0 Å². The fourth-order valence-corrected chi connectivity index (χ4v) is 3.93. The Labute approximate surface area is 171 Å². The van der Waals surface area contributed by atoms with Crippen LogP contribution in [-0.4, -0.2) is 26.3 Å². The normalized spacial score (nSPS) is 11.4. The van der Waals surface area contributed by atoms with Crippen molar-refractivity contribution in [1.82, 2.24) is 9.62 Å². The highest BCUT2D eigenvalue weighted by molar-refractivity contribution is 7.89. The maximum atomic E-state index is 13.0. The van der Waals surface area contributed by atoms with Crippen LogP contribution < -0.4 is 4.72 Å². The van der Waals surface area contributed by atoms with Crippen molar-refractivity contribution < 1.29 is 17.6 Å². The van der Waals surface area contributed by atoms with Gasteiger partial charge in [0.25, 0.3) is 5.91 Å². The molecule has 0 saturated carbocycles. The number of rotatable bonds is 7. The lowest BCUT2D eigenvalue weighted by Gasteiger charge is -2.19. The van der Waals surface area contributed by atoms with Crippen LogP contribution in [0.4, 0.5) is 0 Å². The predicted molar refractivity (Wildman–Crippen MR) is 111 cm³/mol. The van der Waals surface area contributed by atoms with Gasteiger partial charge in [-0.25, -0.2) is 13.1 Å². The molecule has 1 heterocycles. The van der Waals surface area contributed by atoms with Gasteiger partial charge < -0.3 is 9.32 Å². The lowest BCUT2D eigenvalue weighted by atomic mass is 10.1. The number of hydrogen-bond donors (Lipinski definition) is 1. The molecule has 0 radical (unpaired) electrons. The molecule has 2 aromatic carbocycles. The molecule has 3 rings (SSSR count). The van der Waals surface area contributed by atoms with Gasteiger partial charge >= 0.3 is 0 Å². The topological polar surface area (TPSA) is 79.6 Å². The van der Waals surface area contributed by atoms with Crippen molar-refractivity contribution in [3.8, 4) is 0 Å². The van der Waals surface area contributed by atoms with Crippen LogP contribution in [0.5, 0.6) is 0 Å². The second-order valence-electron chi connectivity index (χ2n) is 7.03. The third kappa shape index (κ3) is 5.13. The number of carbonyl (C=O) groups excluding carboxylic acids is 1. The van der Waals surface area contributed by atoms with E-state index in [-0.39, 0.29) is 17.3 Å². The Morgan fingerprint density at radius 3 is 2.45 bits per heavy atom. The van der Waals surface area contributed by atoms with E-state index in [1.54, 1.807) is 37.1 Å². The van der Waals surface area contributed by atoms with Crippen molar-refractivity contribution in [2.24, 2.45) is 0 Å². The molecule has 0 aliphatic rings. The minimum atomic E-state index is -3.78. The number of carbonyl (C=O) groups is 1. The number of aryl methyl sites for hydroxylation is 2. The Balaban J connectivity index is 1.78. The molecule has 0 spiro atoms. The van der Waals surface area contributed by atoms with E-state index in [9.17, 15) is 13.2 Å². The standard InChI is InChI=1S/C22H24N2O4S/c1-16-6-9-18(10-7-16)15-24(3)22(25)21-13-20(11-8-17(21)2)29(26,27)23-14-19-5-4-12-28-19/h4-13,23H,14-15H2,1-3H3. The van der Waals surface area contributed by atoms with Crippen molar-refractivity contribution in [3.63, 3.8) is 0 Å². The summed E-state index contributed by atoms with van der Waals surface area (Å²) >= 11 is 0. The molecule has 0 aliphatic heterocycles. The summed E-state index contributed by atoms with van der Waals surface area (Å²) in [5.74, 6) is 0.279. The van der Waals surface area contributed by atoms with E-state index in [2.05, 4.69) is 4.72 Å². The van der Waals surface area contributed by atoms with Gasteiger partial charge in [-0.05, 0) is 49.2 Å². The molecule has 0 bridgehead atoms. The van der Waals surface area contributed by atoms with Crippen molar-refractivity contribution in [2.75, 3.05) is 7.05 Å². The summed E-state index contributed by atoms with van der Waals surface area (Å²) in [7, 11) is -2.07. The van der Waals surface area contributed by atoms with Gasteiger partial charge in [0, 0.05) is 19.2 Å². The van der Waals surface area contributed by atoms with Crippen LogP contribution in [0.15, 0.2) is 70.2 Å². The number of hydrogen-bond acceptors (Lipinski definition) is 4. The van der Waals surface area contributed by atoms with Gasteiger partial charge in [-0.15, -0.1) is 0 Å². The van der Waals surface area contributed by atoms with Crippen LogP contribution in [0, 0.1) is 13.8 Å². The van der Waals surface area contributed by atoms with Crippen LogP contribution in [0.3, 0.4) is 0 Å². The molecule has 0 unspecified atom stereocenters. The van der Waals surface area contributed by atoms with E-state index >= 15 is 0 Å². The first-order valence-corrected chi connectivity index (χ1v) is 10.7. The number of nitrogens with one attached hydrogen (secondary N) is 1. The third-order valence-electron chi connectivity index (χ3n) is 4.65. The average molecular weight is 413 g/mol. The van der Waals surface area contributed by atoms with Gasteiger partial charge in [0.15, 0.2) is 0 Å². The summed E-state index contributed by atoms with van der Waals surface area (Å²) in [5, 5.41) is 0. The number of nitrogens with zero attached hydrogens (tertiary/aromatic N) is 1. The lowest BCUT2D eigenvalue weighted by molar-refractivity contribution is 0.0784. The Kier molecular flexibility index (Phi) is 6.20. The minimum absolute atomic E-state index is 0.0415. The smallest absolute Gasteiger partial charge is 0.254 e. The van der Waals surface area contributed by atoms with E-state index in [4.69, 9.17) is 4.42 Å². The fraction of sp³-hybridized carbons (Fsp3) is 0.227. The highest BCUT2D eigenvalue weighted by atomic mass is 32.2. The Hall–Kier alpha value is -2.90. The summed E-state index contributed by atoms with van der Waals surface area (Å²) in [4.78, 5) is 14.6. The van der Waals surface area contributed by atoms with Gasteiger partial charge in [-0.3, -0.25) is 4.79 Å². The average Bonchev–Trinajstić information content (AvgIpc) is 3.21. The summed E-state index contributed by atoms with van der Waals surface area (Å²) < 4.78 is 32.9. The zero-order valence-electron chi connectivity index (χ0n) is 16.7. The Bertz CT molecular complexity index is 1090. The van der Waals surface area contributed by atoms with Gasteiger partial charge in [0.2, 0.25) is 10.0 Å². The number of benzene rings is 2. The molecule has 1 N–H and O–H groups in total. The molecular weight excluding hydrogens is 388 g/mol. The first-order chi connectivity index (χ1) is 13.8. The van der Waals surface area contributed by atoms with Crippen molar-refractivity contribution >= 4 is 15.9 Å². The zero-order valence-corrected chi connectivity index (χ0v) is 17.5. The lowest BCUT2D eigenvalue weighted by Crippen LogP contribution is -2.28. The van der Waals surface area contributed by atoms with Gasteiger partial charge in [-0.2, -0.15) is 0 Å². The second-order valence-corrected chi connectivity index (χ2v) is 8.79. The minimum Gasteiger partial charge on any atom is -0.468 e. The molecule has 0 aliphatic carbocycles. The first kappa shape index (κ1) is 20.8. The monoisotopic (exact) mass is 412 g/mol. The highest BCUT2D eigenvalue weighted by Crippen LogP contribution is 2.19. The molecule has 3 aromatic rings. The van der Waals surface area contributed by atoms with E-state index in [0.717, 1.165) is 16.7 Å². The molecule has 0 fully saturated rings. The number of amides is 1. The van der Waals surface area contributed by atoms with E-state index in [1.807, 2.05) is 31.2 Å². The quantitative estimate of drug-likeness (QED) is 0.642. The largest absolute Gasteiger partial charge is 0.468 e. The molecule has 29 heavy (non-hydrogen) atoms. The highest BCUT2D eigenvalue weighted by Gasteiger charge is 2.20. The third-order valence-corrected chi connectivity index (χ3v) is 6.05. The summed E-state index contributed by atoms with van der Waals surface area (Å²) in [6, 6.07) is 15.9. The van der Waals surface area contributed by atoms with E-state index < -0.39 is 10.0 Å². The summed E-state index contributed by atoms with van der Waals surface area (Å²) in [6.07, 6.45) is 1.48. The molecule has 1 aromatic heterocycles. The first-order valence-electron chi connectivity index (χ1n) is 9.20. The summed E-state index contributed by atoms with van der Waals surface area (Å²) in [6.45, 7) is 4.28. The molecular formula is C22H24N2O4S. The molecule has 152 valence electrons. The van der Waals surface area contributed by atoms with Gasteiger partial charge in [0.05, 0.1) is 17.7 Å². The molecule has 7 heteroatoms. The van der Waals surface area contributed by atoms with Gasteiger partial charge in [0.1, 0.15) is 5.76 Å². The zero-order chi connectivity index (χ0) is 21.0. The van der Waals surface area contributed by atoms with Crippen molar-refractivity contribution in [1.29, 1.82) is 0 Å². The molecule has 6 nitrogen and oxygen atoms in total. The SMILES string of the molecule is Cc1ccc(CN(C)C(=O)c2cc(S(=O)(=O)NCc3ccco3)ccc2C)cc1. The van der Waals surface area contributed by atoms with Crippen LogP contribution in [0.1, 0.15) is 32.8 Å². The predicted octanol–water partition coefficient (Wildman–Crippen LogP) is 3.65. The van der Waals surface area contributed by atoms with Crippen LogP contribution >= 0.6 is 0 Å². The van der Waals surface area contributed by atoms with Gasteiger partial charge in [-0.1, -0.05) is 35.9 Å². The number of sulfonamides is 1. The van der Waals surface area contributed by atoms with E-state index in [1.165, 1.54) is 18.4 Å². The summed E-state index contributed by atoms with van der Waals surface area (Å²) in [5.41, 5.74) is 3.24. The van der Waals surface area contributed by atoms with Crippen molar-refractivity contribution in [2.45, 2.75) is 31.8 Å². The van der Waals surface area contributed by atoms with Crippen LogP contribution in [0.2, 0.25) is 0 Å². The van der Waals surface area contributed by atoms with Crippen LogP contribution in [-0.2, 0) is 23.1 Å². The number of furan rings is 1. The molecule has 0 atom stereocenters. The van der Waals surface area contributed by atoms with E-state index in [0.29, 0.717) is 17.9 Å². The maximum absolute atomic E-state index is 13.0. The Morgan fingerprint density at radius 2 is 1.79 bits per heavy atom. The molecule has 0 saturated heterocycles. The maximum Gasteiger partial charge on any atom is 0.254 e. The Morgan fingerprint density at radius 1 is 1.07 bits per heavy atom. The molecule has 1 amide bonds. The second kappa shape index (κ2) is 8.63. The van der Waals surface area contributed by atoms with Crippen molar-refractivity contribution in [3.05, 3.63) is 88.9 Å².